The zero-order chi connectivity index (χ0) is 17.0. The summed E-state index contributed by atoms with van der Waals surface area (Å²) in [5.41, 5.74) is 0.857. The van der Waals surface area contributed by atoms with Crippen LogP contribution >= 0.6 is 0 Å². The smallest absolute Gasteiger partial charge is 0.254 e. The zero-order valence-electron chi connectivity index (χ0n) is 13.6. The fraction of sp³-hybridized carbons (Fsp3) is 0.438. The van der Waals surface area contributed by atoms with E-state index in [0.29, 0.717) is 31.7 Å². The molecule has 2 aromatic rings. The Bertz CT molecular complexity index is 774. The van der Waals surface area contributed by atoms with E-state index in [0.717, 1.165) is 17.9 Å². The van der Waals surface area contributed by atoms with Gasteiger partial charge < -0.3 is 0 Å². The monoisotopic (exact) mass is 347 g/mol. The Morgan fingerprint density at radius 1 is 1.17 bits per heavy atom. The molecule has 3 heterocycles. The first-order valence-electron chi connectivity index (χ1n) is 8.09. The number of pyridine rings is 1. The lowest BCUT2D eigenvalue weighted by Crippen LogP contribution is -2.41. The van der Waals surface area contributed by atoms with Gasteiger partial charge in [0.05, 0.1) is 0 Å². The third kappa shape index (κ3) is 3.88. The minimum atomic E-state index is -3.59. The topological polar surface area (TPSA) is 88.1 Å². The second-order valence-corrected chi connectivity index (χ2v) is 7.43. The Balaban J connectivity index is 1.64. The van der Waals surface area contributed by atoms with E-state index in [9.17, 15) is 8.42 Å². The summed E-state index contributed by atoms with van der Waals surface area (Å²) >= 11 is 0. The Morgan fingerprint density at radius 2 is 1.88 bits per heavy atom. The van der Waals surface area contributed by atoms with E-state index in [1.165, 1.54) is 4.31 Å². The van der Waals surface area contributed by atoms with Crippen LogP contribution in [0, 0.1) is 0 Å². The van der Waals surface area contributed by atoms with E-state index < -0.39 is 10.2 Å². The van der Waals surface area contributed by atoms with E-state index in [-0.39, 0.29) is 5.92 Å². The molecule has 1 aliphatic heterocycles. The summed E-state index contributed by atoms with van der Waals surface area (Å²) in [6.07, 6.45) is 5.64. The lowest BCUT2D eigenvalue weighted by molar-refractivity contribution is 0.315. The molecule has 0 saturated carbocycles. The van der Waals surface area contributed by atoms with E-state index in [1.54, 1.807) is 24.5 Å². The SMILES string of the molecule is CCc1cccc(NS(=O)(=O)N2CCC(c3ncccn3)CC2)n1. The summed E-state index contributed by atoms with van der Waals surface area (Å²) in [5, 5.41) is 0. The predicted octanol–water partition coefficient (Wildman–Crippen LogP) is 1.97. The van der Waals surface area contributed by atoms with E-state index >= 15 is 0 Å². The van der Waals surface area contributed by atoms with Crippen molar-refractivity contribution in [2.45, 2.75) is 32.1 Å². The van der Waals surface area contributed by atoms with Gasteiger partial charge in [-0.15, -0.1) is 0 Å². The van der Waals surface area contributed by atoms with Crippen molar-refractivity contribution in [3.63, 3.8) is 0 Å². The van der Waals surface area contributed by atoms with Gasteiger partial charge in [-0.2, -0.15) is 12.7 Å². The van der Waals surface area contributed by atoms with Gasteiger partial charge in [0, 0.05) is 37.1 Å². The quantitative estimate of drug-likeness (QED) is 0.893. The average molecular weight is 347 g/mol. The van der Waals surface area contributed by atoms with Crippen LogP contribution in [-0.2, 0) is 16.6 Å². The van der Waals surface area contributed by atoms with Crippen molar-refractivity contribution in [2.75, 3.05) is 17.8 Å². The van der Waals surface area contributed by atoms with Crippen molar-refractivity contribution in [1.29, 1.82) is 0 Å². The molecule has 3 rings (SSSR count). The van der Waals surface area contributed by atoms with E-state index in [4.69, 9.17) is 0 Å². The number of rotatable bonds is 5. The molecular formula is C16H21N5O2S. The molecule has 0 amide bonds. The molecule has 8 heteroatoms. The number of anilines is 1. The zero-order valence-corrected chi connectivity index (χ0v) is 14.4. The summed E-state index contributed by atoms with van der Waals surface area (Å²) in [4.78, 5) is 12.8. The fourth-order valence-corrected chi connectivity index (χ4v) is 4.00. The highest BCUT2D eigenvalue weighted by Gasteiger charge is 2.29. The lowest BCUT2D eigenvalue weighted by Gasteiger charge is -2.30. The summed E-state index contributed by atoms with van der Waals surface area (Å²) in [6.45, 7) is 2.88. The van der Waals surface area contributed by atoms with Crippen LogP contribution in [0.1, 0.15) is 37.2 Å². The van der Waals surface area contributed by atoms with Gasteiger partial charge in [0.25, 0.3) is 0 Å². The van der Waals surface area contributed by atoms with Gasteiger partial charge in [-0.3, -0.25) is 4.72 Å². The van der Waals surface area contributed by atoms with Gasteiger partial charge in [-0.05, 0) is 37.5 Å². The van der Waals surface area contributed by atoms with Crippen LogP contribution in [0.3, 0.4) is 0 Å². The maximum absolute atomic E-state index is 12.5. The molecule has 0 aliphatic carbocycles. The molecule has 0 unspecified atom stereocenters. The molecule has 0 aromatic carbocycles. The van der Waals surface area contributed by atoms with Crippen LogP contribution in [0.4, 0.5) is 5.82 Å². The Labute approximate surface area is 142 Å². The van der Waals surface area contributed by atoms with Gasteiger partial charge >= 0.3 is 10.2 Å². The van der Waals surface area contributed by atoms with Crippen molar-refractivity contribution < 1.29 is 8.42 Å². The number of aromatic nitrogens is 3. The van der Waals surface area contributed by atoms with Crippen molar-refractivity contribution >= 4 is 16.0 Å². The maximum atomic E-state index is 12.5. The molecule has 2 aromatic heterocycles. The Hall–Kier alpha value is -2.06. The molecule has 0 bridgehead atoms. The van der Waals surface area contributed by atoms with Gasteiger partial charge in [0.15, 0.2) is 0 Å². The van der Waals surface area contributed by atoms with Crippen molar-refractivity contribution in [2.24, 2.45) is 0 Å². The summed E-state index contributed by atoms with van der Waals surface area (Å²) < 4.78 is 29.1. The number of nitrogens with one attached hydrogen (secondary N) is 1. The third-order valence-corrected chi connectivity index (χ3v) is 5.66. The van der Waals surface area contributed by atoms with E-state index in [1.807, 2.05) is 19.1 Å². The number of aryl methyl sites for hydroxylation is 1. The van der Waals surface area contributed by atoms with Crippen molar-refractivity contribution in [1.82, 2.24) is 19.3 Å². The normalized spacial score (nSPS) is 16.9. The second kappa shape index (κ2) is 7.23. The van der Waals surface area contributed by atoms with Crippen LogP contribution in [0.5, 0.6) is 0 Å². The fourth-order valence-electron chi connectivity index (χ4n) is 2.81. The van der Waals surface area contributed by atoms with Crippen molar-refractivity contribution in [3.8, 4) is 0 Å². The van der Waals surface area contributed by atoms with Gasteiger partial charge in [-0.1, -0.05) is 13.0 Å². The molecule has 7 nitrogen and oxygen atoms in total. The molecule has 128 valence electrons. The Kier molecular flexibility index (Phi) is 5.06. The summed E-state index contributed by atoms with van der Waals surface area (Å²) in [7, 11) is -3.59. The highest BCUT2D eigenvalue weighted by Crippen LogP contribution is 2.26. The number of hydrogen-bond donors (Lipinski definition) is 1. The summed E-state index contributed by atoms with van der Waals surface area (Å²) in [6, 6.07) is 7.14. The molecule has 24 heavy (non-hydrogen) atoms. The van der Waals surface area contributed by atoms with E-state index in [2.05, 4.69) is 19.7 Å². The molecule has 1 aliphatic rings. The first-order chi connectivity index (χ1) is 11.6. The van der Waals surface area contributed by atoms with Crippen LogP contribution in [-0.4, -0.2) is 40.8 Å². The minimum Gasteiger partial charge on any atom is -0.254 e. The first-order valence-corrected chi connectivity index (χ1v) is 9.53. The Morgan fingerprint density at radius 3 is 2.54 bits per heavy atom. The second-order valence-electron chi connectivity index (χ2n) is 5.76. The molecule has 0 spiro atoms. The number of piperidine rings is 1. The average Bonchev–Trinajstić information content (AvgIpc) is 2.62. The number of nitrogens with zero attached hydrogens (tertiary/aromatic N) is 4. The van der Waals surface area contributed by atoms with Gasteiger partial charge in [0.2, 0.25) is 0 Å². The minimum absolute atomic E-state index is 0.208. The van der Waals surface area contributed by atoms with Crippen LogP contribution in [0.15, 0.2) is 36.7 Å². The molecule has 0 atom stereocenters. The molecule has 1 saturated heterocycles. The largest absolute Gasteiger partial charge is 0.302 e. The molecular weight excluding hydrogens is 326 g/mol. The standard InChI is InChI=1S/C16H21N5O2S/c1-2-14-5-3-6-15(19-14)20-24(22,23)21-11-7-13(8-12-21)16-17-9-4-10-18-16/h3-6,9-10,13H,2,7-8,11-12H2,1H3,(H,19,20). The van der Waals surface area contributed by atoms with Crippen LogP contribution in [0.25, 0.3) is 0 Å². The van der Waals surface area contributed by atoms with Crippen molar-refractivity contribution in [3.05, 3.63) is 48.2 Å². The van der Waals surface area contributed by atoms with Gasteiger partial charge in [0.1, 0.15) is 11.6 Å². The molecule has 1 N–H and O–H groups in total. The summed E-state index contributed by atoms with van der Waals surface area (Å²) in [5.74, 6) is 1.36. The van der Waals surface area contributed by atoms with Crippen LogP contribution in [0.2, 0.25) is 0 Å². The molecule has 1 fully saturated rings. The third-order valence-electron chi connectivity index (χ3n) is 4.15. The predicted molar refractivity (Wildman–Crippen MR) is 91.7 cm³/mol. The molecule has 0 radical (unpaired) electrons. The number of hydrogen-bond acceptors (Lipinski definition) is 5. The van der Waals surface area contributed by atoms with Crippen LogP contribution < -0.4 is 4.72 Å². The lowest BCUT2D eigenvalue weighted by atomic mass is 9.97. The maximum Gasteiger partial charge on any atom is 0.302 e. The highest BCUT2D eigenvalue weighted by atomic mass is 32.2. The highest BCUT2D eigenvalue weighted by molar-refractivity contribution is 7.90. The van der Waals surface area contributed by atoms with Gasteiger partial charge in [-0.25, -0.2) is 15.0 Å². The first kappa shape index (κ1) is 16.8.